The van der Waals surface area contributed by atoms with Crippen LogP contribution in [0.15, 0.2) is 38.8 Å². The minimum absolute atomic E-state index is 0.340. The van der Waals surface area contributed by atoms with Crippen molar-refractivity contribution in [1.82, 2.24) is 9.97 Å². The Morgan fingerprint density at radius 2 is 1.84 bits per heavy atom. The molecule has 0 fully saturated rings. The zero-order valence-electron chi connectivity index (χ0n) is 10.2. The molecule has 0 bridgehead atoms. The highest BCUT2D eigenvalue weighted by atomic mass is 79.9. The first kappa shape index (κ1) is 14.1. The van der Waals surface area contributed by atoms with E-state index in [9.17, 15) is 5.11 Å². The highest BCUT2D eigenvalue weighted by Crippen LogP contribution is 2.33. The Kier molecular flexibility index (Phi) is 4.28. The molecule has 5 nitrogen and oxygen atoms in total. The van der Waals surface area contributed by atoms with E-state index in [1.807, 2.05) is 18.2 Å². The summed E-state index contributed by atoms with van der Waals surface area (Å²) in [6, 6.07) is 7.12. The van der Waals surface area contributed by atoms with Gasteiger partial charge in [0, 0.05) is 15.4 Å². The number of benzene rings is 1. The molecule has 0 aliphatic carbocycles. The fraction of sp³-hybridized carbons (Fsp3) is 0.167. The number of aliphatic hydroxyl groups excluding tert-OH is 1. The van der Waals surface area contributed by atoms with Gasteiger partial charge in [-0.2, -0.15) is 0 Å². The Morgan fingerprint density at radius 1 is 1.21 bits per heavy atom. The fourth-order valence-electron chi connectivity index (χ4n) is 1.47. The van der Waals surface area contributed by atoms with Crippen LogP contribution in [-0.4, -0.2) is 15.1 Å². The molecule has 5 N–H and O–H groups in total. The number of hydrogen-bond acceptors (Lipinski definition) is 6. The Labute approximate surface area is 123 Å². The van der Waals surface area contributed by atoms with Crippen molar-refractivity contribution in [3.63, 3.8) is 0 Å². The second kappa shape index (κ2) is 5.77. The summed E-state index contributed by atoms with van der Waals surface area (Å²) < 4.78 is 0.862. The van der Waals surface area contributed by atoms with Gasteiger partial charge in [-0.3, -0.25) is 0 Å². The first-order valence-corrected chi connectivity index (χ1v) is 7.12. The molecule has 0 saturated carbocycles. The van der Waals surface area contributed by atoms with Crippen molar-refractivity contribution >= 4 is 39.3 Å². The molecule has 0 saturated heterocycles. The molecular formula is C12H13BrN4OS. The summed E-state index contributed by atoms with van der Waals surface area (Å²) >= 11 is 4.81. The largest absolute Gasteiger partial charge is 0.389 e. The average molecular weight is 341 g/mol. The molecule has 100 valence electrons. The van der Waals surface area contributed by atoms with Crippen LogP contribution in [0.5, 0.6) is 0 Å². The molecule has 19 heavy (non-hydrogen) atoms. The first-order valence-electron chi connectivity index (χ1n) is 5.51. The van der Waals surface area contributed by atoms with Crippen LogP contribution in [0.4, 0.5) is 11.6 Å². The van der Waals surface area contributed by atoms with Crippen molar-refractivity contribution in [2.75, 3.05) is 11.5 Å². The van der Waals surface area contributed by atoms with E-state index >= 15 is 0 Å². The molecule has 1 unspecified atom stereocenters. The molecule has 2 rings (SSSR count). The summed E-state index contributed by atoms with van der Waals surface area (Å²) in [6.45, 7) is 1.72. The Bertz CT molecular complexity index is 586. The van der Waals surface area contributed by atoms with Crippen molar-refractivity contribution in [2.45, 2.75) is 23.1 Å². The maximum atomic E-state index is 9.52. The maximum Gasteiger partial charge on any atom is 0.196 e. The third-order valence-corrected chi connectivity index (χ3v) is 4.24. The summed E-state index contributed by atoms with van der Waals surface area (Å²) in [4.78, 5) is 9.14. The smallest absolute Gasteiger partial charge is 0.196 e. The lowest BCUT2D eigenvalue weighted by Gasteiger charge is -2.08. The summed E-state index contributed by atoms with van der Waals surface area (Å²) in [5.74, 6) is 0.679. The van der Waals surface area contributed by atoms with E-state index in [0.29, 0.717) is 16.8 Å². The summed E-state index contributed by atoms with van der Waals surface area (Å²) in [5.41, 5.74) is 12.1. The van der Waals surface area contributed by atoms with Gasteiger partial charge in [-0.05, 0) is 52.3 Å². The molecular weight excluding hydrogens is 328 g/mol. The van der Waals surface area contributed by atoms with Crippen LogP contribution in [0.1, 0.15) is 18.6 Å². The lowest BCUT2D eigenvalue weighted by atomic mass is 10.1. The van der Waals surface area contributed by atoms with E-state index in [1.54, 1.807) is 6.92 Å². The van der Waals surface area contributed by atoms with Crippen LogP contribution >= 0.6 is 27.7 Å². The third-order valence-electron chi connectivity index (χ3n) is 2.38. The maximum absolute atomic E-state index is 9.52. The molecule has 1 heterocycles. The van der Waals surface area contributed by atoms with Gasteiger partial charge in [-0.25, -0.2) is 9.97 Å². The van der Waals surface area contributed by atoms with Crippen LogP contribution in [0.3, 0.4) is 0 Å². The molecule has 0 spiro atoms. The van der Waals surface area contributed by atoms with E-state index in [4.69, 9.17) is 11.5 Å². The van der Waals surface area contributed by atoms with Crippen molar-refractivity contribution in [1.29, 1.82) is 0 Å². The average Bonchev–Trinajstić information content (AvgIpc) is 2.30. The normalized spacial score (nSPS) is 12.4. The van der Waals surface area contributed by atoms with Gasteiger partial charge in [0.1, 0.15) is 11.6 Å². The first-order chi connectivity index (χ1) is 8.95. The van der Waals surface area contributed by atoms with E-state index in [1.165, 1.54) is 17.8 Å². The molecule has 0 aliphatic rings. The topological polar surface area (TPSA) is 98.0 Å². The number of aliphatic hydroxyl groups is 1. The van der Waals surface area contributed by atoms with E-state index in [2.05, 4.69) is 25.9 Å². The molecule has 0 aliphatic heterocycles. The molecule has 7 heteroatoms. The zero-order chi connectivity index (χ0) is 14.0. The number of aromatic nitrogens is 2. The Hall–Kier alpha value is -1.31. The highest BCUT2D eigenvalue weighted by Gasteiger charge is 2.09. The number of nitrogens with two attached hydrogens (primary N) is 2. The molecule has 1 aromatic carbocycles. The van der Waals surface area contributed by atoms with Crippen LogP contribution in [0, 0.1) is 0 Å². The van der Waals surface area contributed by atoms with Crippen LogP contribution < -0.4 is 11.5 Å². The SMILES string of the molecule is CC(O)c1ccc(Sc2nc(N)cc(N)n2)c(Br)c1. The third kappa shape index (κ3) is 3.59. The van der Waals surface area contributed by atoms with Crippen molar-refractivity contribution in [3.05, 3.63) is 34.3 Å². The summed E-state index contributed by atoms with van der Waals surface area (Å²) in [5, 5.41) is 10.0. The van der Waals surface area contributed by atoms with Gasteiger partial charge >= 0.3 is 0 Å². The van der Waals surface area contributed by atoms with Crippen LogP contribution in [0.25, 0.3) is 0 Å². The Balaban J connectivity index is 2.28. The lowest BCUT2D eigenvalue weighted by Crippen LogP contribution is -1.99. The monoisotopic (exact) mass is 340 g/mol. The standard InChI is InChI=1S/C12H13BrN4OS/c1-6(18)7-2-3-9(8(13)4-7)19-12-16-10(14)5-11(15)17-12/h2-6,18H,1H3,(H4,14,15,16,17). The lowest BCUT2D eigenvalue weighted by molar-refractivity contribution is 0.199. The zero-order valence-corrected chi connectivity index (χ0v) is 12.6. The van der Waals surface area contributed by atoms with Gasteiger partial charge in [0.25, 0.3) is 0 Å². The number of anilines is 2. The highest BCUT2D eigenvalue weighted by molar-refractivity contribution is 9.10. The summed E-state index contributed by atoms with van der Waals surface area (Å²) in [7, 11) is 0. The molecule has 1 aromatic heterocycles. The van der Waals surface area contributed by atoms with Gasteiger partial charge in [0.15, 0.2) is 5.16 Å². The van der Waals surface area contributed by atoms with E-state index < -0.39 is 6.10 Å². The number of halogens is 1. The quantitative estimate of drug-likeness (QED) is 0.743. The van der Waals surface area contributed by atoms with Crippen molar-refractivity contribution in [3.8, 4) is 0 Å². The van der Waals surface area contributed by atoms with Gasteiger partial charge in [-0.15, -0.1) is 0 Å². The van der Waals surface area contributed by atoms with Gasteiger partial charge in [-0.1, -0.05) is 6.07 Å². The second-order valence-corrected chi connectivity index (χ2v) is 5.83. The molecule has 1 atom stereocenters. The number of rotatable bonds is 3. The predicted octanol–water partition coefficient (Wildman–Crippen LogP) is 2.61. The van der Waals surface area contributed by atoms with Gasteiger partial charge in [0.2, 0.25) is 0 Å². The number of nitrogens with zero attached hydrogens (tertiary/aromatic N) is 2. The number of nitrogen functional groups attached to an aromatic ring is 2. The van der Waals surface area contributed by atoms with E-state index in [0.717, 1.165) is 14.9 Å². The van der Waals surface area contributed by atoms with Gasteiger partial charge < -0.3 is 16.6 Å². The van der Waals surface area contributed by atoms with E-state index in [-0.39, 0.29) is 0 Å². The predicted molar refractivity (Wildman–Crippen MR) is 79.8 cm³/mol. The van der Waals surface area contributed by atoms with Gasteiger partial charge in [0.05, 0.1) is 6.10 Å². The van der Waals surface area contributed by atoms with Crippen molar-refractivity contribution in [2.24, 2.45) is 0 Å². The van der Waals surface area contributed by atoms with Crippen LogP contribution in [0.2, 0.25) is 0 Å². The number of hydrogen-bond donors (Lipinski definition) is 3. The Morgan fingerprint density at radius 3 is 2.37 bits per heavy atom. The minimum atomic E-state index is -0.505. The van der Waals surface area contributed by atoms with Crippen LogP contribution in [-0.2, 0) is 0 Å². The molecule has 0 radical (unpaired) electrons. The summed E-state index contributed by atoms with van der Waals surface area (Å²) in [6.07, 6.45) is -0.505. The molecule has 0 amide bonds. The second-order valence-electron chi connectivity index (χ2n) is 3.97. The van der Waals surface area contributed by atoms with Crippen molar-refractivity contribution < 1.29 is 5.11 Å². The molecule has 2 aromatic rings. The minimum Gasteiger partial charge on any atom is -0.389 e. The fourth-order valence-corrected chi connectivity index (χ4v) is 2.90.